The van der Waals surface area contributed by atoms with Gasteiger partial charge in [0, 0.05) is 11.4 Å². The Labute approximate surface area is 208 Å². The number of ketones is 1. The van der Waals surface area contributed by atoms with E-state index in [9.17, 15) is 9.59 Å². The molecule has 7 heteroatoms. The lowest BCUT2D eigenvalue weighted by atomic mass is 9.96. The van der Waals surface area contributed by atoms with Crippen LogP contribution >= 0.6 is 11.8 Å². The number of nitrogens with zero attached hydrogens (tertiary/aromatic N) is 1. The Morgan fingerprint density at radius 3 is 2.29 bits per heavy atom. The van der Waals surface area contributed by atoms with E-state index >= 15 is 0 Å². The Kier molecular flexibility index (Phi) is 7.11. The third-order valence-corrected chi connectivity index (χ3v) is 13.2. The minimum atomic E-state index is -1.99. The molecule has 0 aromatic heterocycles. The van der Waals surface area contributed by atoms with Crippen molar-refractivity contribution in [2.75, 3.05) is 13.2 Å². The number of hydrogen-bond acceptors (Lipinski definition) is 5. The van der Waals surface area contributed by atoms with Crippen LogP contribution in [0, 0.1) is 0 Å². The normalized spacial score (nSPS) is 25.5. The van der Waals surface area contributed by atoms with Crippen molar-refractivity contribution in [3.8, 4) is 0 Å². The van der Waals surface area contributed by atoms with E-state index in [-0.39, 0.29) is 34.6 Å². The van der Waals surface area contributed by atoms with Crippen molar-refractivity contribution < 1.29 is 18.8 Å². The first kappa shape index (κ1) is 25.2. The van der Waals surface area contributed by atoms with Gasteiger partial charge in [-0.25, -0.2) is 0 Å². The van der Waals surface area contributed by atoms with E-state index < -0.39 is 13.9 Å². The van der Waals surface area contributed by atoms with Crippen LogP contribution < -0.4 is 0 Å². The van der Waals surface area contributed by atoms with E-state index in [4.69, 9.17) is 9.16 Å². The van der Waals surface area contributed by atoms with E-state index in [2.05, 4.69) is 33.9 Å². The smallest absolute Gasteiger partial charge is 0.264 e. The van der Waals surface area contributed by atoms with E-state index in [1.54, 1.807) is 16.7 Å². The zero-order valence-corrected chi connectivity index (χ0v) is 22.6. The lowest BCUT2D eigenvalue weighted by molar-refractivity contribution is -0.154. The maximum absolute atomic E-state index is 13.8. The summed E-state index contributed by atoms with van der Waals surface area (Å²) in [5, 5.41) is -0.212. The van der Waals surface area contributed by atoms with Crippen molar-refractivity contribution >= 4 is 31.8 Å². The number of ether oxygens (including phenoxy) is 1. The third kappa shape index (κ3) is 4.89. The van der Waals surface area contributed by atoms with Gasteiger partial charge in [0.25, 0.3) is 5.91 Å². The summed E-state index contributed by atoms with van der Waals surface area (Å²) in [5.41, 5.74) is -0.444. The number of carbonyl (C=O) groups is 2. The van der Waals surface area contributed by atoms with Crippen LogP contribution in [-0.4, -0.2) is 55.0 Å². The van der Waals surface area contributed by atoms with E-state index in [1.165, 1.54) is 0 Å². The monoisotopic (exact) mass is 497 g/mol. The van der Waals surface area contributed by atoms with Gasteiger partial charge in [-0.15, -0.1) is 11.8 Å². The lowest BCUT2D eigenvalue weighted by Gasteiger charge is -2.37. The number of likely N-dealkylation sites (tertiary alicyclic amines) is 1. The third-order valence-electron chi connectivity index (χ3n) is 7.31. The first-order chi connectivity index (χ1) is 16.0. The van der Waals surface area contributed by atoms with Crippen molar-refractivity contribution in [3.63, 3.8) is 0 Å². The molecule has 0 radical (unpaired) electrons. The zero-order valence-electron chi connectivity index (χ0n) is 20.7. The highest BCUT2D eigenvalue weighted by Gasteiger charge is 2.64. The summed E-state index contributed by atoms with van der Waals surface area (Å²) in [6, 6.07) is 19.7. The van der Waals surface area contributed by atoms with Crippen LogP contribution in [0.1, 0.15) is 32.8 Å². The molecule has 0 aliphatic carbocycles. The summed E-state index contributed by atoms with van der Waals surface area (Å²) >= 11 is 1.57. The lowest BCUT2D eigenvalue weighted by Crippen LogP contribution is -2.50. The van der Waals surface area contributed by atoms with Gasteiger partial charge in [-0.2, -0.15) is 0 Å². The van der Waals surface area contributed by atoms with Gasteiger partial charge in [-0.1, -0.05) is 69.3 Å². The number of hydrogen-bond donors (Lipinski definition) is 0. The average molecular weight is 498 g/mol. The Hall–Kier alpha value is -1.93. The molecular weight excluding hydrogens is 462 g/mol. The van der Waals surface area contributed by atoms with Crippen molar-refractivity contribution in [1.82, 2.24) is 4.90 Å². The largest absolute Gasteiger partial charge is 0.414 e. The van der Waals surface area contributed by atoms with Gasteiger partial charge in [0.1, 0.15) is 0 Å². The molecule has 3 atom stereocenters. The molecule has 2 fully saturated rings. The predicted molar refractivity (Wildman–Crippen MR) is 138 cm³/mol. The highest BCUT2D eigenvalue weighted by atomic mass is 32.2. The number of Topliss-reactive ketones (excluding diaryl/α,β-unsaturated/α-hetero) is 1. The Morgan fingerprint density at radius 1 is 1.06 bits per heavy atom. The van der Waals surface area contributed by atoms with Gasteiger partial charge in [0.05, 0.1) is 24.5 Å². The number of amides is 1. The molecule has 2 aliphatic rings. The number of carbonyl (C=O) groups excluding carboxylic acids is 2. The molecule has 2 aromatic rings. The molecule has 2 aliphatic heterocycles. The highest BCUT2D eigenvalue weighted by molar-refractivity contribution is 8.00. The van der Waals surface area contributed by atoms with E-state index in [1.807, 2.05) is 60.7 Å². The van der Waals surface area contributed by atoms with Crippen molar-refractivity contribution in [3.05, 3.63) is 66.2 Å². The quantitative estimate of drug-likeness (QED) is 0.383. The molecule has 4 rings (SSSR count). The molecule has 34 heavy (non-hydrogen) atoms. The highest BCUT2D eigenvalue weighted by Crippen LogP contribution is 2.47. The fourth-order valence-electron chi connectivity index (χ4n) is 4.29. The van der Waals surface area contributed by atoms with Gasteiger partial charge in [-0.05, 0) is 42.2 Å². The fourth-order valence-corrected chi connectivity index (χ4v) is 6.73. The molecule has 182 valence electrons. The number of benzene rings is 2. The first-order valence-electron chi connectivity index (χ1n) is 11.9. The molecule has 2 aromatic carbocycles. The Bertz CT molecular complexity index is 1020. The number of thioether (sulfide) groups is 1. The van der Waals surface area contributed by atoms with Gasteiger partial charge in [0.2, 0.25) is 5.60 Å². The van der Waals surface area contributed by atoms with Crippen LogP contribution in [0.5, 0.6) is 0 Å². The summed E-state index contributed by atoms with van der Waals surface area (Å²) in [6.45, 7) is 11.9. The van der Waals surface area contributed by atoms with Crippen LogP contribution in [0.4, 0.5) is 0 Å². The summed E-state index contributed by atoms with van der Waals surface area (Å²) < 4.78 is 12.9. The van der Waals surface area contributed by atoms with Gasteiger partial charge in [-0.3, -0.25) is 9.59 Å². The second-order valence-electron chi connectivity index (χ2n) is 10.8. The topological polar surface area (TPSA) is 55.8 Å². The summed E-state index contributed by atoms with van der Waals surface area (Å²) in [5.74, 6) is -0.360. The zero-order chi connectivity index (χ0) is 24.6. The molecule has 1 amide bonds. The van der Waals surface area contributed by atoms with Gasteiger partial charge in [0.15, 0.2) is 14.1 Å². The van der Waals surface area contributed by atoms with E-state index in [0.717, 1.165) is 10.5 Å². The van der Waals surface area contributed by atoms with Crippen LogP contribution in [0.3, 0.4) is 0 Å². The maximum Gasteiger partial charge on any atom is 0.264 e. The van der Waals surface area contributed by atoms with Crippen LogP contribution in [0.15, 0.2) is 65.6 Å². The predicted octanol–water partition coefficient (Wildman–Crippen LogP) is 5.31. The number of rotatable bonds is 7. The van der Waals surface area contributed by atoms with Gasteiger partial charge < -0.3 is 14.1 Å². The molecule has 0 saturated carbocycles. The summed E-state index contributed by atoms with van der Waals surface area (Å²) in [4.78, 5) is 29.9. The first-order valence-corrected chi connectivity index (χ1v) is 15.7. The molecular formula is C27H35NO4SSi. The molecule has 2 saturated heterocycles. The summed E-state index contributed by atoms with van der Waals surface area (Å²) in [7, 11) is -1.99. The molecule has 0 N–H and O–H groups in total. The Morgan fingerprint density at radius 2 is 1.68 bits per heavy atom. The maximum atomic E-state index is 13.8. The second kappa shape index (κ2) is 9.61. The molecule has 0 unspecified atom stereocenters. The Balaban J connectivity index is 1.58. The SMILES string of the molecule is CC(C)(C)[Si](C)(C)OC[C@H]1C[C@@H](Sc2ccccc2)[C@@]2(O1)C(=O)CN(Cc1ccccc1)C2=O. The van der Waals surface area contributed by atoms with Crippen molar-refractivity contribution in [1.29, 1.82) is 0 Å². The molecule has 0 bridgehead atoms. The average Bonchev–Trinajstić information content (AvgIpc) is 3.27. The second-order valence-corrected chi connectivity index (χ2v) is 16.9. The minimum Gasteiger partial charge on any atom is -0.414 e. The molecule has 5 nitrogen and oxygen atoms in total. The van der Waals surface area contributed by atoms with E-state index in [0.29, 0.717) is 19.6 Å². The van der Waals surface area contributed by atoms with Gasteiger partial charge >= 0.3 is 0 Å². The van der Waals surface area contributed by atoms with Crippen LogP contribution in [0.25, 0.3) is 0 Å². The standard InChI is InChI=1S/C27H35NO4SSi/c1-26(2,3)34(4,5)31-19-21-16-24(33-22-14-10-7-11-15-22)27(32-21)23(29)18-28(25(27)30)17-20-12-8-6-9-13-20/h6-15,21,24H,16-19H2,1-5H3/t21-,24-,27+/m1/s1. The summed E-state index contributed by atoms with van der Waals surface area (Å²) in [6.07, 6.45) is 0.310. The minimum absolute atomic E-state index is 0.0764. The van der Waals surface area contributed by atoms with Crippen molar-refractivity contribution in [2.45, 2.75) is 73.7 Å². The van der Waals surface area contributed by atoms with Crippen LogP contribution in [0.2, 0.25) is 18.1 Å². The molecule has 2 heterocycles. The molecule has 1 spiro atoms. The fraction of sp³-hybridized carbons (Fsp3) is 0.481. The van der Waals surface area contributed by atoms with Crippen molar-refractivity contribution in [2.24, 2.45) is 0 Å². The van der Waals surface area contributed by atoms with Crippen LogP contribution in [-0.2, 0) is 25.3 Å².